The molecule has 0 fully saturated rings. The van der Waals surface area contributed by atoms with Crippen LogP contribution in [0.1, 0.15) is 44.4 Å². The van der Waals surface area contributed by atoms with E-state index in [1.165, 1.54) is 11.8 Å². The van der Waals surface area contributed by atoms with Crippen molar-refractivity contribution >= 4 is 45.1 Å². The molecule has 2 N–H and O–H groups in total. The standard InChI is InChI=1S/C13H16BrN5OS.CH4/c1-4-9(10-5-6-11(14)21-10)18-13-16-7(2)15-12(19-13)17-8(3)20;/h5-6,9H,4H2,1-3H3,(H2,15,16,17,18,19,20);1H4. The lowest BCUT2D eigenvalue weighted by Crippen LogP contribution is -2.15. The van der Waals surface area contributed by atoms with Gasteiger partial charge in [0.2, 0.25) is 17.8 Å². The lowest BCUT2D eigenvalue weighted by molar-refractivity contribution is -0.114. The number of carbonyl (C=O) groups is 1. The van der Waals surface area contributed by atoms with Crippen molar-refractivity contribution in [1.82, 2.24) is 15.0 Å². The van der Waals surface area contributed by atoms with Crippen LogP contribution in [-0.2, 0) is 4.79 Å². The molecular weight excluding hydrogens is 366 g/mol. The molecule has 0 aliphatic rings. The summed E-state index contributed by atoms with van der Waals surface area (Å²) in [5.41, 5.74) is 0. The van der Waals surface area contributed by atoms with Gasteiger partial charge in [0, 0.05) is 11.8 Å². The van der Waals surface area contributed by atoms with Crippen LogP contribution in [0, 0.1) is 6.92 Å². The van der Waals surface area contributed by atoms with Gasteiger partial charge in [-0.3, -0.25) is 10.1 Å². The SMILES string of the molecule is C.CCC(Nc1nc(C)nc(NC(C)=O)n1)c1ccc(Br)s1. The van der Waals surface area contributed by atoms with Gasteiger partial charge in [0.25, 0.3) is 0 Å². The maximum absolute atomic E-state index is 11.1. The van der Waals surface area contributed by atoms with E-state index in [2.05, 4.69) is 54.5 Å². The van der Waals surface area contributed by atoms with Crippen molar-refractivity contribution in [2.75, 3.05) is 10.6 Å². The lowest BCUT2D eigenvalue weighted by atomic mass is 10.2. The maximum Gasteiger partial charge on any atom is 0.234 e. The van der Waals surface area contributed by atoms with Gasteiger partial charge in [-0.1, -0.05) is 14.4 Å². The predicted molar refractivity (Wildman–Crippen MR) is 94.3 cm³/mol. The van der Waals surface area contributed by atoms with Crippen molar-refractivity contribution < 1.29 is 4.79 Å². The number of anilines is 2. The van der Waals surface area contributed by atoms with Crippen LogP contribution < -0.4 is 10.6 Å². The number of aromatic nitrogens is 3. The molecule has 0 aliphatic carbocycles. The van der Waals surface area contributed by atoms with Crippen molar-refractivity contribution in [2.24, 2.45) is 0 Å². The molecule has 120 valence electrons. The first-order valence-corrected chi connectivity index (χ1v) is 8.11. The fraction of sp³-hybridized carbons (Fsp3) is 0.429. The molecule has 2 rings (SSSR count). The zero-order valence-electron chi connectivity index (χ0n) is 12.0. The molecule has 6 nitrogen and oxygen atoms in total. The van der Waals surface area contributed by atoms with E-state index in [1.54, 1.807) is 18.3 Å². The van der Waals surface area contributed by atoms with E-state index in [1.807, 2.05) is 6.07 Å². The Balaban J connectivity index is 0.00000242. The Morgan fingerprint density at radius 3 is 2.55 bits per heavy atom. The highest BCUT2D eigenvalue weighted by molar-refractivity contribution is 9.11. The highest BCUT2D eigenvalue weighted by atomic mass is 79.9. The number of hydrogen-bond donors (Lipinski definition) is 2. The van der Waals surface area contributed by atoms with Crippen molar-refractivity contribution in [3.05, 3.63) is 26.6 Å². The highest BCUT2D eigenvalue weighted by Crippen LogP contribution is 2.30. The van der Waals surface area contributed by atoms with Crippen LogP contribution in [0.15, 0.2) is 15.9 Å². The Kier molecular flexibility index (Phi) is 6.89. The third-order valence-electron chi connectivity index (χ3n) is 2.68. The fourth-order valence-corrected chi connectivity index (χ4v) is 3.36. The molecule has 1 amide bonds. The van der Waals surface area contributed by atoms with Crippen LogP contribution in [0.4, 0.5) is 11.9 Å². The van der Waals surface area contributed by atoms with E-state index >= 15 is 0 Å². The maximum atomic E-state index is 11.1. The van der Waals surface area contributed by atoms with E-state index < -0.39 is 0 Å². The van der Waals surface area contributed by atoms with Crippen molar-refractivity contribution in [1.29, 1.82) is 0 Å². The van der Waals surface area contributed by atoms with Gasteiger partial charge in [-0.2, -0.15) is 15.0 Å². The van der Waals surface area contributed by atoms with Crippen LogP contribution in [0.2, 0.25) is 0 Å². The summed E-state index contributed by atoms with van der Waals surface area (Å²) < 4.78 is 1.09. The molecule has 0 saturated heterocycles. The zero-order chi connectivity index (χ0) is 15.4. The summed E-state index contributed by atoms with van der Waals surface area (Å²) in [6.45, 7) is 5.28. The Morgan fingerprint density at radius 2 is 2.00 bits per heavy atom. The second-order valence-electron chi connectivity index (χ2n) is 4.46. The molecule has 2 aromatic heterocycles. The first kappa shape index (κ1) is 18.5. The van der Waals surface area contributed by atoms with Crippen molar-refractivity contribution in [3.63, 3.8) is 0 Å². The molecule has 1 atom stereocenters. The molecule has 0 saturated carbocycles. The van der Waals surface area contributed by atoms with Gasteiger partial charge in [0.15, 0.2) is 0 Å². The number of nitrogens with one attached hydrogen (secondary N) is 2. The first-order chi connectivity index (χ1) is 9.97. The number of thiophene rings is 1. The van der Waals surface area contributed by atoms with Crippen molar-refractivity contribution in [3.8, 4) is 0 Å². The molecule has 2 heterocycles. The first-order valence-electron chi connectivity index (χ1n) is 6.50. The van der Waals surface area contributed by atoms with E-state index in [0.717, 1.165) is 10.2 Å². The second kappa shape index (κ2) is 8.19. The quantitative estimate of drug-likeness (QED) is 0.807. The highest BCUT2D eigenvalue weighted by Gasteiger charge is 2.14. The number of hydrogen-bond acceptors (Lipinski definition) is 6. The van der Waals surface area contributed by atoms with Gasteiger partial charge in [0.05, 0.1) is 9.83 Å². The van der Waals surface area contributed by atoms with Gasteiger partial charge in [0.1, 0.15) is 5.82 Å². The molecule has 0 radical (unpaired) electrons. The van der Waals surface area contributed by atoms with E-state index in [-0.39, 0.29) is 25.3 Å². The summed E-state index contributed by atoms with van der Waals surface area (Å²) in [5.74, 6) is 1.07. The summed E-state index contributed by atoms with van der Waals surface area (Å²) in [7, 11) is 0. The molecular formula is C14H20BrN5OS. The molecule has 0 spiro atoms. The van der Waals surface area contributed by atoms with Gasteiger partial charge in [-0.25, -0.2) is 0 Å². The van der Waals surface area contributed by atoms with Crippen LogP contribution in [-0.4, -0.2) is 20.9 Å². The molecule has 2 aromatic rings. The topological polar surface area (TPSA) is 79.8 Å². The largest absolute Gasteiger partial charge is 0.346 e. The normalized spacial score (nSPS) is 11.5. The number of amides is 1. The Bertz CT molecular complexity index is 646. The second-order valence-corrected chi connectivity index (χ2v) is 6.95. The molecule has 0 aliphatic heterocycles. The minimum Gasteiger partial charge on any atom is -0.346 e. The van der Waals surface area contributed by atoms with Gasteiger partial charge in [-0.05, 0) is 41.4 Å². The van der Waals surface area contributed by atoms with Crippen LogP contribution in [0.25, 0.3) is 0 Å². The Labute approximate surface area is 142 Å². The van der Waals surface area contributed by atoms with Crippen LogP contribution in [0.5, 0.6) is 0 Å². The van der Waals surface area contributed by atoms with Gasteiger partial charge in [-0.15, -0.1) is 11.3 Å². The summed E-state index contributed by atoms with van der Waals surface area (Å²) >= 11 is 5.14. The Morgan fingerprint density at radius 1 is 1.32 bits per heavy atom. The molecule has 0 bridgehead atoms. The Hall–Kier alpha value is -1.54. The van der Waals surface area contributed by atoms with E-state index in [0.29, 0.717) is 11.8 Å². The number of halogens is 1. The minimum absolute atomic E-state index is 0. The third-order valence-corrected chi connectivity index (χ3v) is 4.42. The zero-order valence-corrected chi connectivity index (χ0v) is 14.4. The molecule has 8 heteroatoms. The minimum atomic E-state index is -0.208. The molecule has 1 unspecified atom stereocenters. The van der Waals surface area contributed by atoms with Crippen LogP contribution >= 0.6 is 27.3 Å². The third kappa shape index (κ3) is 5.03. The average Bonchev–Trinajstić information content (AvgIpc) is 2.81. The average molecular weight is 386 g/mol. The van der Waals surface area contributed by atoms with E-state index in [4.69, 9.17) is 0 Å². The van der Waals surface area contributed by atoms with E-state index in [9.17, 15) is 4.79 Å². The number of nitrogens with zero attached hydrogens (tertiary/aromatic N) is 3. The number of aryl methyl sites for hydroxylation is 1. The molecule has 22 heavy (non-hydrogen) atoms. The summed E-state index contributed by atoms with van der Waals surface area (Å²) in [4.78, 5) is 24.9. The van der Waals surface area contributed by atoms with Gasteiger partial charge < -0.3 is 5.32 Å². The monoisotopic (exact) mass is 385 g/mol. The number of carbonyl (C=O) groups excluding carboxylic acids is 1. The summed E-state index contributed by atoms with van der Waals surface area (Å²) in [5, 5.41) is 5.86. The van der Waals surface area contributed by atoms with Gasteiger partial charge >= 0.3 is 0 Å². The summed E-state index contributed by atoms with van der Waals surface area (Å²) in [6.07, 6.45) is 0.896. The van der Waals surface area contributed by atoms with Crippen molar-refractivity contribution in [2.45, 2.75) is 40.7 Å². The predicted octanol–water partition coefficient (Wildman–Crippen LogP) is 4.16. The summed E-state index contributed by atoms with van der Waals surface area (Å²) in [6, 6.07) is 4.21. The lowest BCUT2D eigenvalue weighted by Gasteiger charge is -2.16. The fourth-order valence-electron chi connectivity index (χ4n) is 1.81. The van der Waals surface area contributed by atoms with Crippen LogP contribution in [0.3, 0.4) is 0 Å². The smallest absolute Gasteiger partial charge is 0.234 e. The molecule has 0 aromatic carbocycles. The number of rotatable bonds is 5.